The van der Waals surface area contributed by atoms with E-state index in [1.807, 2.05) is 10.6 Å². The van der Waals surface area contributed by atoms with Gasteiger partial charge in [0.05, 0.1) is 0 Å². The summed E-state index contributed by atoms with van der Waals surface area (Å²) >= 11 is 0. The van der Waals surface area contributed by atoms with Crippen molar-refractivity contribution >= 4 is 24.1 Å². The normalized spacial score (nSPS) is 16.7. The number of hydrogen-bond donors (Lipinski definition) is 2. The number of amides is 4. The van der Waals surface area contributed by atoms with Crippen molar-refractivity contribution in [3.63, 3.8) is 0 Å². The number of imide groups is 2. The summed E-state index contributed by atoms with van der Waals surface area (Å²) in [6.45, 7) is 0. The molecule has 0 bridgehead atoms. The Morgan fingerprint density at radius 3 is 1.92 bits per heavy atom. The van der Waals surface area contributed by atoms with Crippen molar-refractivity contribution in [2.45, 2.75) is 0 Å². The predicted octanol–water partition coefficient (Wildman–Crippen LogP) is -1.52. The number of rotatable bonds is 1. The van der Waals surface area contributed by atoms with Crippen molar-refractivity contribution in [2.24, 2.45) is 0 Å². The van der Waals surface area contributed by atoms with Crippen molar-refractivity contribution in [3.8, 4) is 0 Å². The summed E-state index contributed by atoms with van der Waals surface area (Å²) in [6, 6.07) is -0.881. The summed E-state index contributed by atoms with van der Waals surface area (Å²) < 4.78 is 0. The molecule has 0 aromatic heterocycles. The van der Waals surface area contributed by atoms with E-state index in [1.54, 1.807) is 0 Å². The molecule has 6 nitrogen and oxygen atoms in total. The predicted molar refractivity (Wildman–Crippen MR) is 35.8 cm³/mol. The first-order valence-electron chi connectivity index (χ1n) is 2.97. The van der Waals surface area contributed by atoms with E-state index in [0.29, 0.717) is 6.29 Å². The van der Waals surface area contributed by atoms with E-state index in [-0.39, 0.29) is 5.57 Å². The molecule has 4 amide bonds. The highest BCUT2D eigenvalue weighted by molar-refractivity contribution is 6.29. The van der Waals surface area contributed by atoms with Gasteiger partial charge in [-0.15, -0.1) is 0 Å². The summed E-state index contributed by atoms with van der Waals surface area (Å²) in [5.41, 5.74) is -0.371. The van der Waals surface area contributed by atoms with Crippen LogP contribution in [-0.4, -0.2) is 24.1 Å². The Morgan fingerprint density at radius 1 is 1.00 bits per heavy atom. The maximum absolute atomic E-state index is 10.8. The Labute approximate surface area is 66.6 Å². The molecule has 1 aliphatic heterocycles. The van der Waals surface area contributed by atoms with Crippen molar-refractivity contribution in [2.75, 3.05) is 0 Å². The van der Waals surface area contributed by atoms with Gasteiger partial charge in [0.2, 0.25) is 0 Å². The van der Waals surface area contributed by atoms with Gasteiger partial charge in [0.15, 0.2) is 0 Å². The topological polar surface area (TPSA) is 92.3 Å². The minimum absolute atomic E-state index is 0.296. The Balaban J connectivity index is 2.95. The number of hydrogen-bond acceptors (Lipinski definition) is 4. The summed E-state index contributed by atoms with van der Waals surface area (Å²) in [5.74, 6) is -1.73. The van der Waals surface area contributed by atoms with E-state index in [4.69, 9.17) is 0 Å². The lowest BCUT2D eigenvalue weighted by molar-refractivity contribution is -0.124. The first kappa shape index (κ1) is 8.12. The molecule has 0 radical (unpaired) electrons. The van der Waals surface area contributed by atoms with Gasteiger partial charge in [-0.1, -0.05) is 0 Å². The maximum atomic E-state index is 10.8. The molecule has 0 unspecified atom stereocenters. The van der Waals surface area contributed by atoms with Crippen molar-refractivity contribution in [1.29, 1.82) is 0 Å². The molecule has 0 atom stereocenters. The average molecular weight is 168 g/mol. The molecule has 0 aromatic rings. The third kappa shape index (κ3) is 1.36. The van der Waals surface area contributed by atoms with Gasteiger partial charge in [0.25, 0.3) is 11.8 Å². The third-order valence-electron chi connectivity index (χ3n) is 1.18. The number of urea groups is 1. The van der Waals surface area contributed by atoms with Crippen LogP contribution < -0.4 is 10.6 Å². The molecule has 62 valence electrons. The van der Waals surface area contributed by atoms with Crippen LogP contribution in [0.5, 0.6) is 0 Å². The number of carbonyl (C=O) groups is 4. The van der Waals surface area contributed by atoms with E-state index in [2.05, 4.69) is 0 Å². The molecule has 2 N–H and O–H groups in total. The second kappa shape index (κ2) is 2.95. The van der Waals surface area contributed by atoms with E-state index < -0.39 is 17.8 Å². The fourth-order valence-electron chi connectivity index (χ4n) is 0.695. The maximum Gasteiger partial charge on any atom is 0.328 e. The van der Waals surface area contributed by atoms with Crippen LogP contribution in [0.4, 0.5) is 4.79 Å². The Kier molecular flexibility index (Phi) is 2.00. The highest BCUT2D eigenvalue weighted by atomic mass is 16.2. The van der Waals surface area contributed by atoms with E-state index in [9.17, 15) is 19.2 Å². The van der Waals surface area contributed by atoms with Crippen LogP contribution in [-0.2, 0) is 14.4 Å². The molecule has 1 fully saturated rings. The first-order valence-corrected chi connectivity index (χ1v) is 2.97. The SMILES string of the molecule is O=CC=C1C(=O)NC(=O)NC1=O. The van der Waals surface area contributed by atoms with Gasteiger partial charge in [0.1, 0.15) is 11.9 Å². The van der Waals surface area contributed by atoms with Crippen LogP contribution in [0, 0.1) is 0 Å². The van der Waals surface area contributed by atoms with Crippen LogP contribution in [0.2, 0.25) is 0 Å². The van der Waals surface area contributed by atoms with Gasteiger partial charge in [0, 0.05) is 0 Å². The number of carbonyl (C=O) groups excluding carboxylic acids is 4. The number of allylic oxidation sites excluding steroid dienone is 1. The second-order valence-corrected chi connectivity index (χ2v) is 1.95. The number of aldehydes is 1. The van der Waals surface area contributed by atoms with Gasteiger partial charge in [-0.2, -0.15) is 0 Å². The van der Waals surface area contributed by atoms with E-state index in [1.165, 1.54) is 0 Å². The van der Waals surface area contributed by atoms with Gasteiger partial charge in [-0.25, -0.2) is 4.79 Å². The van der Waals surface area contributed by atoms with Gasteiger partial charge in [-0.05, 0) is 6.08 Å². The Morgan fingerprint density at radius 2 is 1.50 bits per heavy atom. The first-order chi connectivity index (χ1) is 5.65. The second-order valence-electron chi connectivity index (χ2n) is 1.95. The molecular formula is C6H4N2O4. The summed E-state index contributed by atoms with van der Waals surface area (Å²) in [5, 5.41) is 3.62. The molecular weight excluding hydrogens is 164 g/mol. The molecule has 1 aliphatic rings. The molecule has 0 spiro atoms. The average Bonchev–Trinajstić information content (AvgIpc) is 1.96. The molecule has 0 aromatic carbocycles. The molecule has 6 heteroatoms. The molecule has 12 heavy (non-hydrogen) atoms. The molecule has 0 saturated carbocycles. The monoisotopic (exact) mass is 168 g/mol. The van der Waals surface area contributed by atoms with Gasteiger partial charge < -0.3 is 0 Å². The zero-order chi connectivity index (χ0) is 9.14. The standard InChI is InChI=1S/C6H4N2O4/c9-2-1-3-4(10)7-6(12)8-5(3)11/h1-2H,(H2,7,8,10,11,12). The lowest BCUT2D eigenvalue weighted by atomic mass is 10.2. The molecule has 0 aliphatic carbocycles. The van der Waals surface area contributed by atoms with E-state index in [0.717, 1.165) is 6.08 Å². The number of barbiturate groups is 1. The molecule has 1 saturated heterocycles. The lowest BCUT2D eigenvalue weighted by Gasteiger charge is -2.12. The summed E-state index contributed by atoms with van der Waals surface area (Å²) in [6.07, 6.45) is 1.08. The largest absolute Gasteiger partial charge is 0.328 e. The van der Waals surface area contributed by atoms with Crippen LogP contribution >= 0.6 is 0 Å². The zero-order valence-corrected chi connectivity index (χ0v) is 5.79. The van der Waals surface area contributed by atoms with E-state index >= 15 is 0 Å². The minimum Gasteiger partial charge on any atom is -0.299 e. The molecule has 1 heterocycles. The van der Waals surface area contributed by atoms with Gasteiger partial charge >= 0.3 is 6.03 Å². The van der Waals surface area contributed by atoms with Crippen LogP contribution in [0.3, 0.4) is 0 Å². The number of nitrogens with one attached hydrogen (secondary N) is 2. The summed E-state index contributed by atoms with van der Waals surface area (Å²) in [7, 11) is 0. The van der Waals surface area contributed by atoms with Crippen molar-refractivity contribution in [3.05, 3.63) is 11.6 Å². The third-order valence-corrected chi connectivity index (χ3v) is 1.18. The highest BCUT2D eigenvalue weighted by Gasteiger charge is 2.27. The quantitative estimate of drug-likeness (QED) is 0.282. The Hall–Kier alpha value is -1.98. The van der Waals surface area contributed by atoms with Crippen LogP contribution in [0.25, 0.3) is 0 Å². The van der Waals surface area contributed by atoms with Crippen LogP contribution in [0.1, 0.15) is 0 Å². The highest BCUT2D eigenvalue weighted by Crippen LogP contribution is 1.97. The molecule has 1 rings (SSSR count). The van der Waals surface area contributed by atoms with Crippen molar-refractivity contribution in [1.82, 2.24) is 10.6 Å². The van der Waals surface area contributed by atoms with Gasteiger partial charge in [-0.3, -0.25) is 25.0 Å². The fraction of sp³-hybridized carbons (Fsp3) is 0. The zero-order valence-electron chi connectivity index (χ0n) is 5.79. The van der Waals surface area contributed by atoms with Crippen LogP contribution in [0.15, 0.2) is 11.6 Å². The minimum atomic E-state index is -0.881. The summed E-state index contributed by atoms with van der Waals surface area (Å²) in [4.78, 5) is 41.9. The fourth-order valence-corrected chi connectivity index (χ4v) is 0.695. The Bertz CT molecular complexity index is 283. The smallest absolute Gasteiger partial charge is 0.299 e. The lowest BCUT2D eigenvalue weighted by Crippen LogP contribution is -2.51. The van der Waals surface area contributed by atoms with Crippen molar-refractivity contribution < 1.29 is 19.2 Å².